The molecule has 1 aromatic carbocycles. The molecule has 2 aromatic rings. The van der Waals surface area contributed by atoms with Gasteiger partial charge in [-0.15, -0.1) is 0 Å². The highest BCUT2D eigenvalue weighted by Crippen LogP contribution is 2.23. The van der Waals surface area contributed by atoms with Gasteiger partial charge in [0.1, 0.15) is 5.82 Å². The van der Waals surface area contributed by atoms with Crippen LogP contribution in [-0.2, 0) is 13.0 Å². The number of nitrogens with one attached hydrogen (secondary N) is 1. The molecule has 21 heavy (non-hydrogen) atoms. The molecule has 1 aromatic heterocycles. The van der Waals surface area contributed by atoms with Crippen LogP contribution in [0.3, 0.4) is 0 Å². The van der Waals surface area contributed by atoms with Crippen LogP contribution in [0.25, 0.3) is 0 Å². The highest BCUT2D eigenvalue weighted by atomic mass is 19.1. The van der Waals surface area contributed by atoms with Crippen LogP contribution in [0, 0.1) is 11.7 Å². The first kappa shape index (κ1) is 14.2. The van der Waals surface area contributed by atoms with Crippen LogP contribution in [0.4, 0.5) is 4.39 Å². The number of hydrogen-bond acceptors (Lipinski definition) is 3. The molecule has 0 unspecified atom stereocenters. The number of H-pyrrole nitrogens is 1. The highest BCUT2D eigenvalue weighted by molar-refractivity contribution is 5.17. The van der Waals surface area contributed by atoms with Crippen molar-refractivity contribution < 1.29 is 9.50 Å². The molecule has 0 radical (unpaired) electrons. The third-order valence-electron chi connectivity index (χ3n) is 4.14. The molecule has 2 atom stereocenters. The van der Waals surface area contributed by atoms with Gasteiger partial charge in [0.05, 0.1) is 6.10 Å². The molecule has 1 saturated heterocycles. The van der Waals surface area contributed by atoms with E-state index in [-0.39, 0.29) is 17.8 Å². The van der Waals surface area contributed by atoms with Crippen LogP contribution >= 0.6 is 0 Å². The lowest BCUT2D eigenvalue weighted by Gasteiger charge is -2.35. The van der Waals surface area contributed by atoms with E-state index < -0.39 is 0 Å². The minimum absolute atomic E-state index is 0.199. The van der Waals surface area contributed by atoms with Crippen molar-refractivity contribution in [2.45, 2.75) is 25.5 Å². The molecule has 2 N–H and O–H groups in total. The molecule has 0 amide bonds. The fraction of sp³-hybridized carbons (Fsp3) is 0.438. The number of benzene rings is 1. The Kier molecular flexibility index (Phi) is 4.31. The molecule has 0 bridgehead atoms. The third-order valence-corrected chi connectivity index (χ3v) is 4.14. The fourth-order valence-electron chi connectivity index (χ4n) is 3.01. The Morgan fingerprint density at radius 2 is 2.29 bits per heavy atom. The van der Waals surface area contributed by atoms with Crippen molar-refractivity contribution >= 4 is 0 Å². The maximum atomic E-state index is 13.2. The molecular formula is C16H20FN3O. The second-order valence-corrected chi connectivity index (χ2v) is 5.77. The Morgan fingerprint density at radius 3 is 3.00 bits per heavy atom. The summed E-state index contributed by atoms with van der Waals surface area (Å²) in [6.45, 7) is 2.37. The van der Waals surface area contributed by atoms with E-state index in [2.05, 4.69) is 15.1 Å². The van der Waals surface area contributed by atoms with Gasteiger partial charge < -0.3 is 5.11 Å². The third kappa shape index (κ3) is 3.68. The first-order chi connectivity index (χ1) is 10.2. The molecule has 3 rings (SSSR count). The van der Waals surface area contributed by atoms with Crippen molar-refractivity contribution in [2.24, 2.45) is 5.92 Å². The molecule has 2 heterocycles. The van der Waals surface area contributed by atoms with Crippen molar-refractivity contribution in [3.63, 3.8) is 0 Å². The van der Waals surface area contributed by atoms with E-state index in [1.54, 1.807) is 18.3 Å². The Labute approximate surface area is 123 Å². The smallest absolute Gasteiger partial charge is 0.123 e. The summed E-state index contributed by atoms with van der Waals surface area (Å²) in [5.41, 5.74) is 2.02. The lowest BCUT2D eigenvalue weighted by atomic mass is 9.88. The summed E-state index contributed by atoms with van der Waals surface area (Å²) in [5, 5.41) is 17.2. The van der Waals surface area contributed by atoms with Crippen molar-refractivity contribution in [3.05, 3.63) is 53.6 Å². The summed E-state index contributed by atoms with van der Waals surface area (Å²) in [7, 11) is 0. The second kappa shape index (κ2) is 6.37. The van der Waals surface area contributed by atoms with Crippen molar-refractivity contribution in [3.8, 4) is 0 Å². The van der Waals surface area contributed by atoms with Gasteiger partial charge in [-0.1, -0.05) is 12.1 Å². The Bertz CT molecular complexity index is 573. The minimum atomic E-state index is -0.370. The molecule has 1 aliphatic heterocycles. The van der Waals surface area contributed by atoms with Crippen LogP contribution in [0.2, 0.25) is 0 Å². The van der Waals surface area contributed by atoms with Gasteiger partial charge in [-0.3, -0.25) is 10.00 Å². The zero-order valence-electron chi connectivity index (χ0n) is 11.9. The Hall–Kier alpha value is -1.72. The van der Waals surface area contributed by atoms with Gasteiger partial charge in [0, 0.05) is 25.0 Å². The van der Waals surface area contributed by atoms with E-state index in [0.29, 0.717) is 6.54 Å². The summed E-state index contributed by atoms with van der Waals surface area (Å²) in [5.74, 6) is -0.0107. The lowest BCUT2D eigenvalue weighted by Crippen LogP contribution is -2.44. The Balaban J connectivity index is 1.56. The van der Waals surface area contributed by atoms with Gasteiger partial charge >= 0.3 is 0 Å². The van der Waals surface area contributed by atoms with Gasteiger partial charge in [0.2, 0.25) is 0 Å². The first-order valence-electron chi connectivity index (χ1n) is 7.34. The minimum Gasteiger partial charge on any atom is -0.391 e. The maximum absolute atomic E-state index is 13.2. The number of rotatable bonds is 4. The molecular weight excluding hydrogens is 269 g/mol. The maximum Gasteiger partial charge on any atom is 0.123 e. The van der Waals surface area contributed by atoms with Crippen LogP contribution in [-0.4, -0.2) is 39.4 Å². The topological polar surface area (TPSA) is 52.1 Å². The van der Waals surface area contributed by atoms with E-state index in [0.717, 1.165) is 37.2 Å². The summed E-state index contributed by atoms with van der Waals surface area (Å²) in [6, 6.07) is 8.61. The number of aromatic nitrogens is 2. The number of β-amino-alcohol motifs (C(OH)–C–C–N with tert-alkyl or cyclic N) is 1. The molecule has 0 aliphatic carbocycles. The number of piperidine rings is 1. The average Bonchev–Trinajstić information content (AvgIpc) is 2.95. The largest absolute Gasteiger partial charge is 0.391 e. The van der Waals surface area contributed by atoms with Gasteiger partial charge in [-0.05, 0) is 49.1 Å². The summed E-state index contributed by atoms with van der Waals surface area (Å²) in [6.07, 6.45) is 3.02. The van der Waals surface area contributed by atoms with Crippen LogP contribution in [0.1, 0.15) is 17.7 Å². The zero-order valence-corrected chi connectivity index (χ0v) is 11.9. The monoisotopic (exact) mass is 289 g/mol. The van der Waals surface area contributed by atoms with Crippen LogP contribution < -0.4 is 0 Å². The predicted molar refractivity (Wildman–Crippen MR) is 78.1 cm³/mol. The fourth-order valence-corrected chi connectivity index (χ4v) is 3.01. The molecule has 0 spiro atoms. The lowest BCUT2D eigenvalue weighted by molar-refractivity contribution is 0.0183. The number of halogens is 1. The molecule has 4 nitrogen and oxygen atoms in total. The van der Waals surface area contributed by atoms with Crippen molar-refractivity contribution in [1.82, 2.24) is 15.1 Å². The van der Waals surface area contributed by atoms with Gasteiger partial charge in [-0.2, -0.15) is 5.10 Å². The standard InChI is InChI=1S/C16H20FN3O/c17-14-3-1-2-12(9-14)8-13-5-7-20(11-16(13)21)10-15-4-6-18-19-15/h1-4,6,9,13,16,21H,5,7-8,10-11H2,(H,18,19)/t13-,16+/m1/s1. The SMILES string of the molecule is O[C@H]1CN(Cc2ccn[nH]2)CC[C@@H]1Cc1cccc(F)c1. The quantitative estimate of drug-likeness (QED) is 0.905. The summed E-state index contributed by atoms with van der Waals surface area (Å²) >= 11 is 0. The van der Waals surface area contributed by atoms with Gasteiger partial charge in [-0.25, -0.2) is 4.39 Å². The summed E-state index contributed by atoms with van der Waals surface area (Å²) in [4.78, 5) is 2.22. The number of aliphatic hydroxyl groups is 1. The number of nitrogens with zero attached hydrogens (tertiary/aromatic N) is 2. The van der Waals surface area contributed by atoms with E-state index in [4.69, 9.17) is 0 Å². The highest BCUT2D eigenvalue weighted by Gasteiger charge is 2.27. The Morgan fingerprint density at radius 1 is 1.38 bits per heavy atom. The molecule has 5 heteroatoms. The van der Waals surface area contributed by atoms with Crippen LogP contribution in [0.5, 0.6) is 0 Å². The molecule has 0 saturated carbocycles. The van der Waals surface area contributed by atoms with E-state index in [1.165, 1.54) is 6.07 Å². The molecule has 1 fully saturated rings. The van der Waals surface area contributed by atoms with E-state index in [1.807, 2.05) is 12.1 Å². The second-order valence-electron chi connectivity index (χ2n) is 5.77. The number of aliphatic hydroxyl groups excluding tert-OH is 1. The first-order valence-corrected chi connectivity index (χ1v) is 7.34. The summed E-state index contributed by atoms with van der Waals surface area (Å²) < 4.78 is 13.2. The predicted octanol–water partition coefficient (Wildman–Crippen LogP) is 1.97. The van der Waals surface area contributed by atoms with Crippen molar-refractivity contribution in [2.75, 3.05) is 13.1 Å². The number of likely N-dealkylation sites (tertiary alicyclic amines) is 1. The number of hydrogen-bond donors (Lipinski definition) is 2. The van der Waals surface area contributed by atoms with Gasteiger partial charge in [0.25, 0.3) is 0 Å². The van der Waals surface area contributed by atoms with E-state index >= 15 is 0 Å². The average molecular weight is 289 g/mol. The van der Waals surface area contributed by atoms with Gasteiger partial charge in [0.15, 0.2) is 0 Å². The molecule has 1 aliphatic rings. The van der Waals surface area contributed by atoms with E-state index in [9.17, 15) is 9.50 Å². The normalized spacial score (nSPS) is 23.3. The number of aromatic amines is 1. The van der Waals surface area contributed by atoms with Crippen molar-refractivity contribution in [1.29, 1.82) is 0 Å². The zero-order chi connectivity index (χ0) is 14.7. The van der Waals surface area contributed by atoms with Crippen LogP contribution in [0.15, 0.2) is 36.5 Å². The molecule has 112 valence electrons.